The van der Waals surface area contributed by atoms with E-state index in [-0.39, 0.29) is 16.9 Å². The Bertz CT molecular complexity index is 1480. The number of nitrogens with zero attached hydrogens (tertiary/aromatic N) is 5. The van der Waals surface area contributed by atoms with E-state index in [2.05, 4.69) is 20.7 Å². The van der Waals surface area contributed by atoms with Gasteiger partial charge in [-0.15, -0.1) is 5.10 Å². The van der Waals surface area contributed by atoms with Crippen LogP contribution in [0.3, 0.4) is 0 Å². The Morgan fingerprint density at radius 3 is 2.64 bits per heavy atom. The molecule has 3 N–H and O–H groups in total. The van der Waals surface area contributed by atoms with Gasteiger partial charge in [0, 0.05) is 23.9 Å². The van der Waals surface area contributed by atoms with Gasteiger partial charge in [0.1, 0.15) is 5.69 Å². The summed E-state index contributed by atoms with van der Waals surface area (Å²) < 4.78 is 42.2. The van der Waals surface area contributed by atoms with E-state index in [4.69, 9.17) is 5.73 Å². The Hall–Kier alpha value is -4.48. The number of aryl methyl sites for hydroxylation is 1. The third kappa shape index (κ3) is 5.11. The molecular weight excluding hydrogens is 475 g/mol. The highest BCUT2D eigenvalue weighted by molar-refractivity contribution is 5.92. The molecule has 0 saturated carbocycles. The van der Waals surface area contributed by atoms with Gasteiger partial charge in [-0.2, -0.15) is 23.0 Å². The summed E-state index contributed by atoms with van der Waals surface area (Å²) in [4.78, 5) is 25.4. The maximum Gasteiger partial charge on any atom is 0.416 e. The number of hydrogen-bond donors (Lipinski definition) is 2. The summed E-state index contributed by atoms with van der Waals surface area (Å²) in [7, 11) is 0. The second kappa shape index (κ2) is 9.64. The average molecular weight is 497 g/mol. The van der Waals surface area contributed by atoms with Crippen molar-refractivity contribution >= 4 is 11.6 Å². The Morgan fingerprint density at radius 1 is 1.14 bits per heavy atom. The molecule has 12 heteroatoms. The van der Waals surface area contributed by atoms with E-state index in [1.165, 1.54) is 25.1 Å². The first-order chi connectivity index (χ1) is 17.1. The number of carbonyl (C=O) groups excluding carboxylic acids is 1. The summed E-state index contributed by atoms with van der Waals surface area (Å²) in [5.41, 5.74) is 6.17. The molecule has 2 aromatic carbocycles. The zero-order valence-electron chi connectivity index (χ0n) is 19.3. The van der Waals surface area contributed by atoms with Crippen molar-refractivity contribution in [3.05, 3.63) is 88.0 Å². The van der Waals surface area contributed by atoms with Gasteiger partial charge in [-0.25, -0.2) is 4.68 Å². The van der Waals surface area contributed by atoms with Crippen LogP contribution in [0.15, 0.2) is 65.6 Å². The van der Waals surface area contributed by atoms with Gasteiger partial charge in [0.25, 0.3) is 11.5 Å². The smallest absolute Gasteiger partial charge is 0.399 e. The summed E-state index contributed by atoms with van der Waals surface area (Å²) in [6, 6.07) is 11.7. The van der Waals surface area contributed by atoms with E-state index in [1.807, 2.05) is 13.0 Å². The molecule has 2 aromatic heterocycles. The SMILES string of the molecule is CCn1nncc1-c1cccc(-n2nc(C(=O)N[C@H](C)c3cc(N)cc(C(F)(F)F)c3)ccc2=O)c1. The average Bonchev–Trinajstić information content (AvgIpc) is 3.32. The fourth-order valence-electron chi connectivity index (χ4n) is 3.67. The summed E-state index contributed by atoms with van der Waals surface area (Å²) in [6.45, 7) is 4.05. The minimum Gasteiger partial charge on any atom is -0.399 e. The Kier molecular flexibility index (Phi) is 6.60. The summed E-state index contributed by atoms with van der Waals surface area (Å²) in [5.74, 6) is -0.670. The molecule has 0 fully saturated rings. The molecule has 1 atom stereocenters. The maximum absolute atomic E-state index is 13.1. The lowest BCUT2D eigenvalue weighted by atomic mass is 10.0. The van der Waals surface area contributed by atoms with Crippen LogP contribution in [0.5, 0.6) is 0 Å². The van der Waals surface area contributed by atoms with E-state index >= 15 is 0 Å². The van der Waals surface area contributed by atoms with Gasteiger partial charge < -0.3 is 11.1 Å². The topological polar surface area (TPSA) is 121 Å². The third-order valence-corrected chi connectivity index (χ3v) is 5.49. The molecular formula is C24H22F3N7O2. The third-order valence-electron chi connectivity index (χ3n) is 5.49. The standard InChI is InChI=1S/C24H22F3N7O2/c1-3-33-21(13-29-32-33)15-5-4-6-19(11-15)34-22(35)8-7-20(31-34)23(36)30-14(2)16-9-17(24(25,26)27)12-18(28)10-16/h4-14H,3,28H2,1-2H3,(H,30,36)/t14-/m1/s1. The van der Waals surface area contributed by atoms with Crippen molar-refractivity contribution in [2.45, 2.75) is 32.6 Å². The number of aromatic nitrogens is 5. The zero-order valence-corrected chi connectivity index (χ0v) is 19.3. The minimum atomic E-state index is -4.58. The lowest BCUT2D eigenvalue weighted by Gasteiger charge is -2.17. The molecule has 186 valence electrons. The van der Waals surface area contributed by atoms with Crippen LogP contribution in [-0.4, -0.2) is 30.7 Å². The number of benzene rings is 2. The van der Waals surface area contributed by atoms with E-state index in [1.54, 1.807) is 29.1 Å². The molecule has 0 aliphatic heterocycles. The number of nitrogen functional groups attached to an aromatic ring is 1. The predicted molar refractivity (Wildman–Crippen MR) is 126 cm³/mol. The number of carbonyl (C=O) groups is 1. The molecule has 0 spiro atoms. The molecule has 0 saturated heterocycles. The van der Waals surface area contributed by atoms with Gasteiger partial charge in [-0.1, -0.05) is 17.3 Å². The number of nitrogens with one attached hydrogen (secondary N) is 1. The normalized spacial score (nSPS) is 12.4. The molecule has 2 heterocycles. The molecule has 0 radical (unpaired) electrons. The fourth-order valence-corrected chi connectivity index (χ4v) is 3.67. The van der Waals surface area contributed by atoms with Crippen molar-refractivity contribution in [2.75, 3.05) is 5.73 Å². The highest BCUT2D eigenvalue weighted by Gasteiger charge is 2.31. The Balaban J connectivity index is 1.61. The van der Waals surface area contributed by atoms with Crippen LogP contribution in [0.2, 0.25) is 0 Å². The van der Waals surface area contributed by atoms with Crippen LogP contribution in [0.25, 0.3) is 16.9 Å². The first-order valence-corrected chi connectivity index (χ1v) is 10.9. The summed E-state index contributed by atoms with van der Waals surface area (Å²) in [6.07, 6.45) is -2.98. The lowest BCUT2D eigenvalue weighted by molar-refractivity contribution is -0.137. The summed E-state index contributed by atoms with van der Waals surface area (Å²) >= 11 is 0. The van der Waals surface area contributed by atoms with Crippen molar-refractivity contribution in [3.8, 4) is 16.9 Å². The number of halogens is 3. The largest absolute Gasteiger partial charge is 0.416 e. The molecule has 9 nitrogen and oxygen atoms in total. The molecule has 1 amide bonds. The quantitative estimate of drug-likeness (QED) is 0.393. The fraction of sp³-hybridized carbons (Fsp3) is 0.208. The number of anilines is 1. The number of rotatable bonds is 6. The van der Waals surface area contributed by atoms with E-state index in [0.717, 1.165) is 28.1 Å². The van der Waals surface area contributed by atoms with Gasteiger partial charge in [0.2, 0.25) is 0 Å². The summed E-state index contributed by atoms with van der Waals surface area (Å²) in [5, 5.41) is 14.7. The van der Waals surface area contributed by atoms with Crippen molar-refractivity contribution in [1.82, 2.24) is 30.1 Å². The van der Waals surface area contributed by atoms with Gasteiger partial charge >= 0.3 is 6.18 Å². The van der Waals surface area contributed by atoms with Crippen molar-refractivity contribution in [3.63, 3.8) is 0 Å². The molecule has 4 rings (SSSR count). The molecule has 0 bridgehead atoms. The van der Waals surface area contributed by atoms with Crippen LogP contribution < -0.4 is 16.6 Å². The lowest BCUT2D eigenvalue weighted by Crippen LogP contribution is -2.30. The molecule has 4 aromatic rings. The van der Waals surface area contributed by atoms with Gasteiger partial charge in [0.05, 0.1) is 29.2 Å². The second-order valence-electron chi connectivity index (χ2n) is 8.04. The van der Waals surface area contributed by atoms with Crippen LogP contribution in [0, 0.1) is 0 Å². The number of hydrogen-bond acceptors (Lipinski definition) is 6. The highest BCUT2D eigenvalue weighted by Crippen LogP contribution is 2.32. The van der Waals surface area contributed by atoms with Crippen LogP contribution >= 0.6 is 0 Å². The number of nitrogens with two attached hydrogens (primary N) is 1. The molecule has 0 unspecified atom stereocenters. The second-order valence-corrected chi connectivity index (χ2v) is 8.04. The monoisotopic (exact) mass is 497 g/mol. The van der Waals surface area contributed by atoms with Gasteiger partial charge in [0.15, 0.2) is 0 Å². The van der Waals surface area contributed by atoms with E-state index in [9.17, 15) is 22.8 Å². The van der Waals surface area contributed by atoms with Crippen molar-refractivity contribution in [2.24, 2.45) is 0 Å². The number of amides is 1. The van der Waals surface area contributed by atoms with E-state index < -0.39 is 29.2 Å². The molecule has 0 aliphatic rings. The Labute approximate surface area is 203 Å². The van der Waals surface area contributed by atoms with Crippen molar-refractivity contribution in [1.29, 1.82) is 0 Å². The maximum atomic E-state index is 13.1. The zero-order chi connectivity index (χ0) is 26.0. The predicted octanol–water partition coefficient (Wildman–Crippen LogP) is 3.60. The van der Waals surface area contributed by atoms with Gasteiger partial charge in [-0.3, -0.25) is 9.59 Å². The first kappa shape index (κ1) is 24.6. The first-order valence-electron chi connectivity index (χ1n) is 10.9. The number of alkyl halides is 3. The van der Waals surface area contributed by atoms with Crippen LogP contribution in [0.1, 0.15) is 41.5 Å². The molecule has 36 heavy (non-hydrogen) atoms. The van der Waals surface area contributed by atoms with Gasteiger partial charge in [-0.05, 0) is 55.8 Å². The minimum absolute atomic E-state index is 0.0768. The highest BCUT2D eigenvalue weighted by atomic mass is 19.4. The van der Waals surface area contributed by atoms with Crippen molar-refractivity contribution < 1.29 is 18.0 Å². The van der Waals surface area contributed by atoms with Crippen LogP contribution in [-0.2, 0) is 12.7 Å². The Morgan fingerprint density at radius 2 is 1.92 bits per heavy atom. The van der Waals surface area contributed by atoms with Crippen LogP contribution in [0.4, 0.5) is 18.9 Å². The van der Waals surface area contributed by atoms with E-state index in [0.29, 0.717) is 12.2 Å². The molecule has 0 aliphatic carbocycles.